The van der Waals surface area contributed by atoms with Crippen LogP contribution in [0.1, 0.15) is 29.0 Å². The number of aliphatic carboxylic acids is 1. The predicted molar refractivity (Wildman–Crippen MR) is 122 cm³/mol. The second kappa shape index (κ2) is 9.35. The van der Waals surface area contributed by atoms with E-state index in [2.05, 4.69) is 33.4 Å². The van der Waals surface area contributed by atoms with Crippen LogP contribution >= 0.6 is 15.9 Å². The molecule has 3 aromatic rings. The Balaban J connectivity index is 1.38. The van der Waals surface area contributed by atoms with E-state index >= 15 is 0 Å². The average molecular weight is 480 g/mol. The number of rotatable bonds is 7. The van der Waals surface area contributed by atoms with Crippen molar-refractivity contribution < 1.29 is 19.4 Å². The summed E-state index contributed by atoms with van der Waals surface area (Å²) in [5, 5.41) is 12.0. The summed E-state index contributed by atoms with van der Waals surface area (Å²) in [6, 6.07) is 22.8. The zero-order valence-corrected chi connectivity index (χ0v) is 18.3. The van der Waals surface area contributed by atoms with Crippen molar-refractivity contribution in [2.45, 2.75) is 24.8 Å². The molecule has 0 saturated carbocycles. The summed E-state index contributed by atoms with van der Waals surface area (Å²) in [6.07, 6.45) is 0.0827. The van der Waals surface area contributed by atoms with Gasteiger partial charge in [0.25, 0.3) is 0 Å². The summed E-state index contributed by atoms with van der Waals surface area (Å²) < 4.78 is 6.40. The van der Waals surface area contributed by atoms with E-state index in [0.717, 1.165) is 32.3 Å². The lowest BCUT2D eigenvalue weighted by molar-refractivity contribution is -0.139. The van der Waals surface area contributed by atoms with E-state index in [0.29, 0.717) is 6.42 Å². The molecule has 0 aromatic heterocycles. The molecular formula is C25H22BrNO4. The lowest BCUT2D eigenvalue weighted by Crippen LogP contribution is -2.41. The standard InChI is InChI=1S/C25H22BrNO4/c26-17-7-5-6-16(14-17)12-13-23(24(28)29)27-25(30)31-15-22-20-10-3-1-8-18(20)19-9-2-4-11-21(19)22/h1-11,14,22-23H,12-13,15H2,(H,27,30)(H,28,29)/t23-/m1/s1. The first-order valence-electron chi connectivity index (χ1n) is 10.1. The summed E-state index contributed by atoms with van der Waals surface area (Å²) in [7, 11) is 0. The minimum absolute atomic E-state index is 0.0666. The van der Waals surface area contributed by atoms with Crippen molar-refractivity contribution in [3.05, 3.63) is 94.0 Å². The van der Waals surface area contributed by atoms with Crippen LogP contribution in [0.5, 0.6) is 0 Å². The molecule has 0 heterocycles. The minimum atomic E-state index is -1.08. The van der Waals surface area contributed by atoms with Gasteiger partial charge in [-0.05, 0) is 52.8 Å². The quantitative estimate of drug-likeness (QED) is 0.477. The molecule has 0 bridgehead atoms. The van der Waals surface area contributed by atoms with Crippen molar-refractivity contribution in [1.82, 2.24) is 5.32 Å². The molecule has 0 fully saturated rings. The van der Waals surface area contributed by atoms with Crippen LogP contribution in [-0.2, 0) is 16.0 Å². The Bertz CT molecular complexity index is 1070. The third-order valence-electron chi connectivity index (χ3n) is 5.54. The molecule has 3 aromatic carbocycles. The maximum absolute atomic E-state index is 12.4. The molecule has 0 aliphatic heterocycles. The highest BCUT2D eigenvalue weighted by Crippen LogP contribution is 2.44. The molecule has 1 aliphatic rings. The average Bonchev–Trinajstić information content (AvgIpc) is 3.09. The summed E-state index contributed by atoms with van der Waals surface area (Å²) in [4.78, 5) is 24.0. The molecule has 31 heavy (non-hydrogen) atoms. The van der Waals surface area contributed by atoms with Gasteiger partial charge >= 0.3 is 12.1 Å². The Morgan fingerprint density at radius 1 is 0.968 bits per heavy atom. The van der Waals surface area contributed by atoms with Crippen molar-refractivity contribution in [1.29, 1.82) is 0 Å². The van der Waals surface area contributed by atoms with Gasteiger partial charge in [-0.15, -0.1) is 0 Å². The number of ether oxygens (including phenoxy) is 1. The molecule has 6 heteroatoms. The zero-order valence-electron chi connectivity index (χ0n) is 16.8. The van der Waals surface area contributed by atoms with Crippen LogP contribution in [0.25, 0.3) is 11.1 Å². The predicted octanol–water partition coefficient (Wildman–Crippen LogP) is 5.37. The summed E-state index contributed by atoms with van der Waals surface area (Å²) in [6.45, 7) is 0.151. The Morgan fingerprint density at radius 2 is 1.61 bits per heavy atom. The van der Waals surface area contributed by atoms with Crippen LogP contribution in [0.4, 0.5) is 4.79 Å². The normalized spacial score (nSPS) is 13.2. The first kappa shape index (κ1) is 21.1. The number of fused-ring (bicyclic) bond motifs is 3. The smallest absolute Gasteiger partial charge is 0.407 e. The first-order chi connectivity index (χ1) is 15.0. The van der Waals surface area contributed by atoms with E-state index in [1.54, 1.807) is 0 Å². The van der Waals surface area contributed by atoms with E-state index in [-0.39, 0.29) is 18.9 Å². The number of amides is 1. The van der Waals surface area contributed by atoms with Gasteiger partial charge in [0.15, 0.2) is 0 Å². The zero-order chi connectivity index (χ0) is 21.8. The maximum atomic E-state index is 12.4. The molecule has 0 saturated heterocycles. The number of carboxylic acid groups (broad SMARTS) is 1. The van der Waals surface area contributed by atoms with Crippen LogP contribution in [0.3, 0.4) is 0 Å². The highest BCUT2D eigenvalue weighted by molar-refractivity contribution is 9.10. The number of benzene rings is 3. The Labute approximate surface area is 189 Å². The number of carbonyl (C=O) groups is 2. The van der Waals surface area contributed by atoms with Crippen molar-refractivity contribution in [2.24, 2.45) is 0 Å². The highest BCUT2D eigenvalue weighted by atomic mass is 79.9. The number of alkyl carbamates (subject to hydrolysis) is 1. The van der Waals surface area contributed by atoms with Gasteiger partial charge < -0.3 is 15.2 Å². The Morgan fingerprint density at radius 3 is 2.23 bits per heavy atom. The van der Waals surface area contributed by atoms with E-state index in [1.165, 1.54) is 0 Å². The number of hydrogen-bond donors (Lipinski definition) is 2. The van der Waals surface area contributed by atoms with Gasteiger partial charge in [0, 0.05) is 10.4 Å². The molecular weight excluding hydrogens is 458 g/mol. The Hall–Kier alpha value is -3.12. The molecule has 0 radical (unpaired) electrons. The summed E-state index contributed by atoms with van der Waals surface area (Å²) in [5.41, 5.74) is 5.51. The summed E-state index contributed by atoms with van der Waals surface area (Å²) in [5.74, 6) is -1.15. The van der Waals surface area contributed by atoms with E-state index in [9.17, 15) is 14.7 Å². The molecule has 1 aliphatic carbocycles. The molecule has 0 unspecified atom stereocenters. The highest BCUT2D eigenvalue weighted by Gasteiger charge is 2.29. The third kappa shape index (κ3) is 4.80. The largest absolute Gasteiger partial charge is 0.480 e. The number of carbonyl (C=O) groups excluding carboxylic acids is 1. The lowest BCUT2D eigenvalue weighted by Gasteiger charge is -2.17. The van der Waals surface area contributed by atoms with Crippen LogP contribution < -0.4 is 5.32 Å². The summed E-state index contributed by atoms with van der Waals surface area (Å²) >= 11 is 3.41. The van der Waals surface area contributed by atoms with Crippen LogP contribution in [0.15, 0.2) is 77.3 Å². The molecule has 1 amide bonds. The monoisotopic (exact) mass is 479 g/mol. The molecule has 0 spiro atoms. The van der Waals surface area contributed by atoms with Gasteiger partial charge in [-0.2, -0.15) is 0 Å². The van der Waals surface area contributed by atoms with Gasteiger partial charge in [-0.3, -0.25) is 0 Å². The van der Waals surface area contributed by atoms with Gasteiger partial charge in [0.05, 0.1) is 0 Å². The van der Waals surface area contributed by atoms with Crippen molar-refractivity contribution in [3.63, 3.8) is 0 Å². The molecule has 4 rings (SSSR count). The van der Waals surface area contributed by atoms with Gasteiger partial charge in [0.2, 0.25) is 0 Å². The molecule has 158 valence electrons. The number of halogens is 1. The maximum Gasteiger partial charge on any atom is 0.407 e. The first-order valence-corrected chi connectivity index (χ1v) is 10.9. The van der Waals surface area contributed by atoms with Gasteiger partial charge in [-0.25, -0.2) is 9.59 Å². The second-order valence-corrected chi connectivity index (χ2v) is 8.44. The van der Waals surface area contributed by atoms with Gasteiger partial charge in [0.1, 0.15) is 12.6 Å². The molecule has 1 atom stereocenters. The fourth-order valence-corrected chi connectivity index (χ4v) is 4.49. The number of nitrogens with one attached hydrogen (secondary N) is 1. The topological polar surface area (TPSA) is 75.6 Å². The van der Waals surface area contributed by atoms with Crippen molar-refractivity contribution in [2.75, 3.05) is 6.61 Å². The van der Waals surface area contributed by atoms with Crippen LogP contribution in [-0.4, -0.2) is 29.8 Å². The second-order valence-electron chi connectivity index (χ2n) is 7.53. The number of carboxylic acids is 1. The Kier molecular flexibility index (Phi) is 6.37. The van der Waals surface area contributed by atoms with E-state index in [1.807, 2.05) is 60.7 Å². The van der Waals surface area contributed by atoms with Crippen LogP contribution in [0.2, 0.25) is 0 Å². The third-order valence-corrected chi connectivity index (χ3v) is 6.04. The van der Waals surface area contributed by atoms with Crippen molar-refractivity contribution >= 4 is 28.0 Å². The number of hydrogen-bond acceptors (Lipinski definition) is 3. The minimum Gasteiger partial charge on any atom is -0.480 e. The number of aryl methyl sites for hydroxylation is 1. The van der Waals surface area contributed by atoms with Crippen LogP contribution in [0, 0.1) is 0 Å². The van der Waals surface area contributed by atoms with E-state index in [4.69, 9.17) is 4.74 Å². The lowest BCUT2D eigenvalue weighted by atomic mass is 9.98. The van der Waals surface area contributed by atoms with Crippen molar-refractivity contribution in [3.8, 4) is 11.1 Å². The SMILES string of the molecule is O=C(N[C@H](CCc1cccc(Br)c1)C(=O)O)OCC1c2ccccc2-c2ccccc21. The fraction of sp³-hybridized carbons (Fsp3) is 0.200. The fourth-order valence-electron chi connectivity index (χ4n) is 4.04. The van der Waals surface area contributed by atoms with E-state index < -0.39 is 18.1 Å². The molecule has 2 N–H and O–H groups in total. The van der Waals surface area contributed by atoms with Gasteiger partial charge in [-0.1, -0.05) is 76.6 Å². The molecule has 5 nitrogen and oxygen atoms in total.